The Bertz CT molecular complexity index is 563. The van der Waals surface area contributed by atoms with Gasteiger partial charge in [-0.3, -0.25) is 0 Å². The van der Waals surface area contributed by atoms with Gasteiger partial charge in [0, 0.05) is 32.7 Å². The van der Waals surface area contributed by atoms with Gasteiger partial charge in [-0.05, 0) is 32.1 Å². The maximum atomic E-state index is 12.7. The number of carbonyl (C=O) groups is 1. The summed E-state index contributed by atoms with van der Waals surface area (Å²) in [6, 6.07) is -0.0968. The highest BCUT2D eigenvalue weighted by molar-refractivity contribution is 5.74. The van der Waals surface area contributed by atoms with E-state index in [0.29, 0.717) is 6.10 Å². The van der Waals surface area contributed by atoms with Crippen LogP contribution in [-0.2, 0) is 17.7 Å². The number of ether oxygens (including phenoxy) is 1. The molecule has 1 aromatic heterocycles. The molecule has 1 fully saturated rings. The first-order valence-electron chi connectivity index (χ1n) is 9.19. The Morgan fingerprint density at radius 2 is 2.04 bits per heavy atom. The van der Waals surface area contributed by atoms with Gasteiger partial charge in [-0.25, -0.2) is 4.79 Å². The molecule has 0 saturated carbocycles. The minimum atomic E-state index is -0.0959. The van der Waals surface area contributed by atoms with Crippen LogP contribution < -0.4 is 5.32 Å². The van der Waals surface area contributed by atoms with Crippen LogP contribution in [0.25, 0.3) is 0 Å². The van der Waals surface area contributed by atoms with Gasteiger partial charge >= 0.3 is 6.03 Å². The standard InChI is InChI=1S/C17H29N5O2/c1-4-24-13-7-10-21(11-8-13)17(23)18-15(12(2)3)16-20-19-14-6-5-9-22(14)16/h12-13,15H,4-11H2,1-3H3,(H,18,23)/t15-/m0/s1. The Labute approximate surface area is 143 Å². The molecule has 1 atom stereocenters. The molecule has 0 unspecified atom stereocenters. The van der Waals surface area contributed by atoms with Gasteiger partial charge in [0.25, 0.3) is 0 Å². The molecular weight excluding hydrogens is 306 g/mol. The van der Waals surface area contributed by atoms with E-state index >= 15 is 0 Å². The van der Waals surface area contributed by atoms with Crippen molar-refractivity contribution in [3.05, 3.63) is 11.6 Å². The zero-order valence-electron chi connectivity index (χ0n) is 15.0. The van der Waals surface area contributed by atoms with Gasteiger partial charge in [0.15, 0.2) is 5.82 Å². The second kappa shape index (κ2) is 7.51. The molecule has 3 heterocycles. The zero-order chi connectivity index (χ0) is 17.1. The summed E-state index contributed by atoms with van der Waals surface area (Å²) in [7, 11) is 0. The van der Waals surface area contributed by atoms with E-state index in [2.05, 4.69) is 33.9 Å². The first-order valence-corrected chi connectivity index (χ1v) is 9.19. The van der Waals surface area contributed by atoms with E-state index in [-0.39, 0.29) is 18.0 Å². The van der Waals surface area contributed by atoms with Crippen molar-refractivity contribution in [1.29, 1.82) is 0 Å². The van der Waals surface area contributed by atoms with Crippen LogP contribution in [0.4, 0.5) is 4.79 Å². The smallest absolute Gasteiger partial charge is 0.317 e. The fourth-order valence-electron chi connectivity index (χ4n) is 3.62. The summed E-state index contributed by atoms with van der Waals surface area (Å²) in [6.45, 7) is 9.44. The van der Waals surface area contributed by atoms with Gasteiger partial charge in [-0.1, -0.05) is 13.8 Å². The SMILES string of the molecule is CCOC1CCN(C(=O)N[C@H](c2nnc3n2CCC3)C(C)C)CC1. The lowest BCUT2D eigenvalue weighted by molar-refractivity contribution is 0.0216. The van der Waals surface area contributed by atoms with Crippen LogP contribution in [-0.4, -0.2) is 51.5 Å². The van der Waals surface area contributed by atoms with Gasteiger partial charge in [0.2, 0.25) is 0 Å². The summed E-state index contributed by atoms with van der Waals surface area (Å²) < 4.78 is 7.83. The minimum Gasteiger partial charge on any atom is -0.378 e. The van der Waals surface area contributed by atoms with E-state index in [1.54, 1.807) is 0 Å². The molecule has 1 saturated heterocycles. The molecule has 3 rings (SSSR count). The molecule has 1 aromatic rings. The largest absolute Gasteiger partial charge is 0.378 e. The molecule has 2 aliphatic heterocycles. The zero-order valence-corrected chi connectivity index (χ0v) is 15.0. The van der Waals surface area contributed by atoms with E-state index in [1.165, 1.54) is 0 Å². The quantitative estimate of drug-likeness (QED) is 0.895. The first kappa shape index (κ1) is 17.2. The highest BCUT2D eigenvalue weighted by Gasteiger charge is 2.30. The Morgan fingerprint density at radius 1 is 1.29 bits per heavy atom. The van der Waals surface area contributed by atoms with Gasteiger partial charge < -0.3 is 19.5 Å². The van der Waals surface area contributed by atoms with E-state index in [1.807, 2.05) is 11.8 Å². The fourth-order valence-corrected chi connectivity index (χ4v) is 3.62. The number of likely N-dealkylation sites (tertiary alicyclic amines) is 1. The lowest BCUT2D eigenvalue weighted by atomic mass is 10.0. The molecule has 0 aliphatic carbocycles. The molecule has 24 heavy (non-hydrogen) atoms. The Morgan fingerprint density at radius 3 is 2.71 bits per heavy atom. The number of fused-ring (bicyclic) bond motifs is 1. The van der Waals surface area contributed by atoms with Gasteiger partial charge in [0.05, 0.1) is 12.1 Å². The molecule has 0 radical (unpaired) electrons. The molecule has 1 N–H and O–H groups in total. The Balaban J connectivity index is 1.63. The molecular formula is C17H29N5O2. The van der Waals surface area contributed by atoms with Crippen molar-refractivity contribution >= 4 is 6.03 Å². The summed E-state index contributed by atoms with van der Waals surface area (Å²) >= 11 is 0. The van der Waals surface area contributed by atoms with Crippen LogP contribution in [0.15, 0.2) is 0 Å². The van der Waals surface area contributed by atoms with Crippen LogP contribution in [0.3, 0.4) is 0 Å². The third-order valence-electron chi connectivity index (χ3n) is 4.99. The number of carbonyl (C=O) groups excluding carboxylic acids is 1. The first-order chi connectivity index (χ1) is 11.6. The van der Waals surface area contributed by atoms with Crippen LogP contribution in [0.5, 0.6) is 0 Å². The molecule has 134 valence electrons. The highest BCUT2D eigenvalue weighted by Crippen LogP contribution is 2.25. The third-order valence-corrected chi connectivity index (χ3v) is 4.99. The predicted molar refractivity (Wildman–Crippen MR) is 90.7 cm³/mol. The number of urea groups is 1. The van der Waals surface area contributed by atoms with Crippen LogP contribution in [0.2, 0.25) is 0 Å². The highest BCUT2D eigenvalue weighted by atomic mass is 16.5. The fraction of sp³-hybridized carbons (Fsp3) is 0.824. The number of piperidine rings is 1. The van der Waals surface area contributed by atoms with Crippen molar-refractivity contribution in [3.63, 3.8) is 0 Å². The van der Waals surface area contributed by atoms with Gasteiger partial charge in [-0.15, -0.1) is 10.2 Å². The number of rotatable bonds is 5. The monoisotopic (exact) mass is 335 g/mol. The van der Waals surface area contributed by atoms with Crippen molar-refractivity contribution in [2.24, 2.45) is 5.92 Å². The summed E-state index contributed by atoms with van der Waals surface area (Å²) in [5.74, 6) is 2.21. The predicted octanol–water partition coefficient (Wildman–Crippen LogP) is 2.13. The van der Waals surface area contributed by atoms with Crippen LogP contribution in [0, 0.1) is 5.92 Å². The number of aromatic nitrogens is 3. The summed E-state index contributed by atoms with van der Waals surface area (Å²) in [5.41, 5.74) is 0. The molecule has 0 bridgehead atoms. The number of hydrogen-bond acceptors (Lipinski definition) is 4. The Kier molecular flexibility index (Phi) is 5.38. The maximum absolute atomic E-state index is 12.7. The number of nitrogens with one attached hydrogen (secondary N) is 1. The van der Waals surface area contributed by atoms with Crippen LogP contribution in [0.1, 0.15) is 57.7 Å². The van der Waals surface area contributed by atoms with E-state index in [0.717, 1.165) is 63.6 Å². The molecule has 2 amide bonds. The average Bonchev–Trinajstić information content (AvgIpc) is 3.17. The van der Waals surface area contributed by atoms with E-state index in [9.17, 15) is 4.79 Å². The number of amides is 2. The summed E-state index contributed by atoms with van der Waals surface area (Å²) in [4.78, 5) is 14.6. The topological polar surface area (TPSA) is 72.3 Å². The van der Waals surface area contributed by atoms with Gasteiger partial charge in [0.1, 0.15) is 5.82 Å². The average molecular weight is 335 g/mol. The normalized spacial score (nSPS) is 19.6. The third kappa shape index (κ3) is 3.55. The minimum absolute atomic E-state index is 0.000930. The van der Waals surface area contributed by atoms with E-state index in [4.69, 9.17) is 4.74 Å². The van der Waals surface area contributed by atoms with Crippen molar-refractivity contribution in [3.8, 4) is 0 Å². The summed E-state index contributed by atoms with van der Waals surface area (Å²) in [5, 5.41) is 11.8. The summed E-state index contributed by atoms with van der Waals surface area (Å²) in [6.07, 6.45) is 4.21. The lowest BCUT2D eigenvalue weighted by Gasteiger charge is -2.33. The molecule has 7 nitrogen and oxygen atoms in total. The van der Waals surface area contributed by atoms with Crippen molar-refractivity contribution in [1.82, 2.24) is 25.0 Å². The van der Waals surface area contributed by atoms with Crippen LogP contribution >= 0.6 is 0 Å². The lowest BCUT2D eigenvalue weighted by Crippen LogP contribution is -2.48. The maximum Gasteiger partial charge on any atom is 0.317 e. The number of aryl methyl sites for hydroxylation is 1. The van der Waals surface area contributed by atoms with Crippen molar-refractivity contribution < 1.29 is 9.53 Å². The molecule has 0 aromatic carbocycles. The molecule has 7 heteroatoms. The van der Waals surface area contributed by atoms with E-state index < -0.39 is 0 Å². The second-order valence-corrected chi connectivity index (χ2v) is 7.04. The molecule has 2 aliphatic rings. The van der Waals surface area contributed by atoms with Crippen molar-refractivity contribution in [2.75, 3.05) is 19.7 Å². The number of nitrogens with zero attached hydrogens (tertiary/aromatic N) is 4. The second-order valence-electron chi connectivity index (χ2n) is 7.04. The number of hydrogen-bond donors (Lipinski definition) is 1. The molecule has 0 spiro atoms. The Hall–Kier alpha value is -1.63. The van der Waals surface area contributed by atoms with Crippen molar-refractivity contribution in [2.45, 2.75) is 65.1 Å². The van der Waals surface area contributed by atoms with Gasteiger partial charge in [-0.2, -0.15) is 0 Å².